The third-order valence-electron chi connectivity index (χ3n) is 5.39. The van der Waals surface area contributed by atoms with Crippen molar-refractivity contribution in [1.29, 1.82) is 0 Å². The topological polar surface area (TPSA) is 65.6 Å². The lowest BCUT2D eigenvalue weighted by Gasteiger charge is -2.36. The Labute approximate surface area is 170 Å². The number of amides is 1. The van der Waals surface area contributed by atoms with Gasteiger partial charge in [0.2, 0.25) is 5.91 Å². The second-order valence-corrected chi connectivity index (χ2v) is 7.17. The first kappa shape index (κ1) is 19.1. The smallest absolute Gasteiger partial charge is 0.338 e. The molecule has 1 aromatic heterocycles. The number of piperazine rings is 1. The lowest BCUT2D eigenvalue weighted by atomic mass is 10.1. The lowest BCUT2D eigenvalue weighted by Crippen LogP contribution is -2.49. The number of anilines is 1. The van der Waals surface area contributed by atoms with Crippen molar-refractivity contribution < 1.29 is 14.3 Å². The van der Waals surface area contributed by atoms with Crippen molar-refractivity contribution in [3.63, 3.8) is 0 Å². The van der Waals surface area contributed by atoms with Crippen molar-refractivity contribution in [2.45, 2.75) is 13.3 Å². The molecule has 150 valence electrons. The Morgan fingerprint density at radius 1 is 1.00 bits per heavy atom. The van der Waals surface area contributed by atoms with Gasteiger partial charge >= 0.3 is 5.97 Å². The Hall–Kier alpha value is -3.28. The van der Waals surface area contributed by atoms with Crippen LogP contribution in [0.2, 0.25) is 0 Å². The molecule has 0 spiro atoms. The average molecular weight is 391 g/mol. The molecule has 0 aliphatic carbocycles. The van der Waals surface area contributed by atoms with Gasteiger partial charge in [0.25, 0.3) is 0 Å². The number of esters is 1. The molecular formula is C23H25N3O3. The lowest BCUT2D eigenvalue weighted by molar-refractivity contribution is -0.130. The van der Waals surface area contributed by atoms with E-state index in [-0.39, 0.29) is 11.9 Å². The number of carbonyl (C=O) groups excluding carboxylic acids is 2. The second kappa shape index (κ2) is 8.39. The molecule has 0 atom stereocenters. The summed E-state index contributed by atoms with van der Waals surface area (Å²) in [5.74, 6) is -0.140. The van der Waals surface area contributed by atoms with Gasteiger partial charge in [-0.15, -0.1) is 0 Å². The molecule has 0 unspecified atom stereocenters. The molecule has 3 aromatic rings. The van der Waals surface area contributed by atoms with Gasteiger partial charge in [-0.1, -0.05) is 18.2 Å². The van der Waals surface area contributed by atoms with Crippen LogP contribution in [0.25, 0.3) is 10.9 Å². The molecule has 4 rings (SSSR count). The van der Waals surface area contributed by atoms with Crippen LogP contribution in [0.4, 0.5) is 5.69 Å². The summed E-state index contributed by atoms with van der Waals surface area (Å²) in [6.07, 6.45) is 2.35. The van der Waals surface area contributed by atoms with E-state index in [1.807, 2.05) is 47.5 Å². The summed E-state index contributed by atoms with van der Waals surface area (Å²) < 4.78 is 5.02. The molecule has 2 heterocycles. The number of fused-ring (bicyclic) bond motifs is 1. The predicted octanol–water partition coefficient (Wildman–Crippen LogP) is 3.24. The van der Waals surface area contributed by atoms with Crippen LogP contribution in [0.15, 0.2) is 54.7 Å². The molecule has 0 bridgehead atoms. The van der Waals surface area contributed by atoms with E-state index in [2.05, 4.69) is 9.88 Å². The minimum atomic E-state index is -0.299. The molecule has 1 aliphatic heterocycles. The van der Waals surface area contributed by atoms with Crippen LogP contribution in [0, 0.1) is 0 Å². The van der Waals surface area contributed by atoms with Crippen LogP contribution in [0.1, 0.15) is 22.8 Å². The summed E-state index contributed by atoms with van der Waals surface area (Å²) in [5, 5.41) is 1.11. The molecule has 2 aromatic carbocycles. The quantitative estimate of drug-likeness (QED) is 0.678. The highest BCUT2D eigenvalue weighted by Crippen LogP contribution is 2.21. The van der Waals surface area contributed by atoms with Gasteiger partial charge in [-0.3, -0.25) is 4.79 Å². The number of para-hydroxylation sites is 1. The van der Waals surface area contributed by atoms with Crippen LogP contribution in [0.5, 0.6) is 0 Å². The van der Waals surface area contributed by atoms with E-state index in [9.17, 15) is 9.59 Å². The first-order valence-corrected chi connectivity index (χ1v) is 10.0. The van der Waals surface area contributed by atoms with Crippen molar-refractivity contribution >= 4 is 28.5 Å². The van der Waals surface area contributed by atoms with E-state index in [0.717, 1.165) is 35.2 Å². The fourth-order valence-corrected chi connectivity index (χ4v) is 3.79. The number of aromatic amines is 1. The zero-order valence-corrected chi connectivity index (χ0v) is 16.6. The summed E-state index contributed by atoms with van der Waals surface area (Å²) in [4.78, 5) is 32.0. The van der Waals surface area contributed by atoms with Gasteiger partial charge in [0.1, 0.15) is 0 Å². The number of hydrogen-bond donors (Lipinski definition) is 1. The number of carbonyl (C=O) groups is 2. The number of hydrogen-bond acceptors (Lipinski definition) is 4. The van der Waals surface area contributed by atoms with E-state index < -0.39 is 0 Å². The Morgan fingerprint density at radius 3 is 2.45 bits per heavy atom. The van der Waals surface area contributed by atoms with E-state index in [1.54, 1.807) is 19.1 Å². The van der Waals surface area contributed by atoms with Crippen LogP contribution in [-0.2, 0) is 16.0 Å². The third-order valence-corrected chi connectivity index (χ3v) is 5.39. The van der Waals surface area contributed by atoms with E-state index >= 15 is 0 Å². The van der Waals surface area contributed by atoms with Gasteiger partial charge in [-0.2, -0.15) is 0 Å². The highest BCUT2D eigenvalue weighted by molar-refractivity contribution is 5.90. The molecule has 1 aliphatic rings. The fraction of sp³-hybridized carbons (Fsp3) is 0.304. The van der Waals surface area contributed by atoms with Crippen LogP contribution in [-0.4, -0.2) is 54.5 Å². The number of benzene rings is 2. The van der Waals surface area contributed by atoms with Crippen LogP contribution >= 0.6 is 0 Å². The van der Waals surface area contributed by atoms with Crippen molar-refractivity contribution in [2.75, 3.05) is 37.7 Å². The highest BCUT2D eigenvalue weighted by atomic mass is 16.5. The maximum atomic E-state index is 12.8. The van der Waals surface area contributed by atoms with Gasteiger partial charge in [0, 0.05) is 49.0 Å². The van der Waals surface area contributed by atoms with Gasteiger partial charge in [0.05, 0.1) is 18.6 Å². The third kappa shape index (κ3) is 4.11. The van der Waals surface area contributed by atoms with E-state index in [1.165, 1.54) is 0 Å². The standard InChI is InChI=1S/C23H25N3O3/c1-2-29-23(28)17-7-9-19(10-8-17)25-11-13-26(14-12-25)22(27)15-18-16-24-21-6-4-3-5-20(18)21/h3-10,16,24H,2,11-15H2,1H3. The highest BCUT2D eigenvalue weighted by Gasteiger charge is 2.22. The largest absolute Gasteiger partial charge is 0.462 e. The Morgan fingerprint density at radius 2 is 1.72 bits per heavy atom. The first-order chi connectivity index (χ1) is 14.2. The molecule has 1 saturated heterocycles. The number of ether oxygens (including phenoxy) is 1. The predicted molar refractivity (Wildman–Crippen MR) is 113 cm³/mol. The maximum absolute atomic E-state index is 12.8. The average Bonchev–Trinajstić information content (AvgIpc) is 3.17. The number of nitrogens with one attached hydrogen (secondary N) is 1. The molecular weight excluding hydrogens is 366 g/mol. The molecule has 29 heavy (non-hydrogen) atoms. The summed E-state index contributed by atoms with van der Waals surface area (Å²) in [6.45, 7) is 5.11. The van der Waals surface area contributed by atoms with Crippen molar-refractivity contribution in [3.8, 4) is 0 Å². The molecule has 6 heteroatoms. The normalized spacial score (nSPS) is 14.2. The van der Waals surface area contributed by atoms with Gasteiger partial charge in [-0.25, -0.2) is 4.79 Å². The van der Waals surface area contributed by atoms with Gasteiger partial charge < -0.3 is 19.5 Å². The Kier molecular flexibility index (Phi) is 5.51. The maximum Gasteiger partial charge on any atom is 0.338 e. The molecule has 1 amide bonds. The van der Waals surface area contributed by atoms with Crippen LogP contribution < -0.4 is 4.90 Å². The SMILES string of the molecule is CCOC(=O)c1ccc(N2CCN(C(=O)Cc3c[nH]c4ccccc34)CC2)cc1. The number of nitrogens with zero attached hydrogens (tertiary/aromatic N) is 2. The van der Waals surface area contributed by atoms with Crippen molar-refractivity contribution in [3.05, 3.63) is 65.9 Å². The number of rotatable bonds is 5. The summed E-state index contributed by atoms with van der Waals surface area (Å²) in [7, 11) is 0. The molecule has 1 N–H and O–H groups in total. The molecule has 0 saturated carbocycles. The zero-order chi connectivity index (χ0) is 20.2. The van der Waals surface area contributed by atoms with E-state index in [0.29, 0.717) is 31.7 Å². The summed E-state index contributed by atoms with van der Waals surface area (Å²) in [5.41, 5.74) is 3.72. The molecule has 0 radical (unpaired) electrons. The molecule has 6 nitrogen and oxygen atoms in total. The van der Waals surface area contributed by atoms with Crippen molar-refractivity contribution in [2.24, 2.45) is 0 Å². The molecule has 1 fully saturated rings. The fourth-order valence-electron chi connectivity index (χ4n) is 3.79. The van der Waals surface area contributed by atoms with Crippen LogP contribution in [0.3, 0.4) is 0 Å². The second-order valence-electron chi connectivity index (χ2n) is 7.17. The number of H-pyrrole nitrogens is 1. The number of aromatic nitrogens is 1. The van der Waals surface area contributed by atoms with Crippen molar-refractivity contribution in [1.82, 2.24) is 9.88 Å². The zero-order valence-electron chi connectivity index (χ0n) is 16.6. The minimum Gasteiger partial charge on any atom is -0.462 e. The minimum absolute atomic E-state index is 0.159. The van der Waals surface area contributed by atoms with E-state index in [4.69, 9.17) is 4.74 Å². The Balaban J connectivity index is 1.34. The van der Waals surface area contributed by atoms with Gasteiger partial charge in [0.15, 0.2) is 0 Å². The van der Waals surface area contributed by atoms with Gasteiger partial charge in [-0.05, 0) is 42.8 Å². The summed E-state index contributed by atoms with van der Waals surface area (Å²) in [6, 6.07) is 15.5. The monoisotopic (exact) mass is 391 g/mol. The summed E-state index contributed by atoms with van der Waals surface area (Å²) >= 11 is 0. The Bertz CT molecular complexity index is 1000. The first-order valence-electron chi connectivity index (χ1n) is 10.0.